The van der Waals surface area contributed by atoms with E-state index in [4.69, 9.17) is 16.0 Å². The molecule has 1 atom stereocenters. The highest BCUT2D eigenvalue weighted by Crippen LogP contribution is 2.33. The Bertz CT molecular complexity index is 1590. The molecule has 2 N–H and O–H groups in total. The van der Waals surface area contributed by atoms with Gasteiger partial charge in [-0.2, -0.15) is 13.2 Å². The summed E-state index contributed by atoms with van der Waals surface area (Å²) in [7, 11) is 0. The molecule has 1 aliphatic rings. The molecule has 42 heavy (non-hydrogen) atoms. The van der Waals surface area contributed by atoms with E-state index < -0.39 is 23.6 Å². The number of nitrogens with one attached hydrogen (secondary N) is 2. The van der Waals surface area contributed by atoms with E-state index >= 15 is 0 Å². The summed E-state index contributed by atoms with van der Waals surface area (Å²) in [5.74, 6) is -1.99. The molecule has 1 aliphatic heterocycles. The fourth-order valence-corrected chi connectivity index (χ4v) is 5.04. The van der Waals surface area contributed by atoms with Crippen molar-refractivity contribution >= 4 is 29.1 Å². The molecule has 2 heterocycles. The molecule has 218 valence electrons. The zero-order valence-electron chi connectivity index (χ0n) is 22.2. The summed E-state index contributed by atoms with van der Waals surface area (Å²) in [5, 5.41) is 6.10. The van der Waals surface area contributed by atoms with Gasteiger partial charge in [0.2, 0.25) is 5.91 Å². The van der Waals surface area contributed by atoms with Crippen molar-refractivity contribution in [3.63, 3.8) is 0 Å². The zero-order valence-corrected chi connectivity index (χ0v) is 22.9. The summed E-state index contributed by atoms with van der Waals surface area (Å²) in [6, 6.07) is 18.7. The lowest BCUT2D eigenvalue weighted by atomic mass is 9.98. The third-order valence-corrected chi connectivity index (χ3v) is 7.33. The zero-order chi connectivity index (χ0) is 29.9. The summed E-state index contributed by atoms with van der Waals surface area (Å²) in [6.45, 7) is 1.50. The number of rotatable bonds is 9. The number of hydrogen-bond acceptors (Lipinski definition) is 4. The lowest BCUT2D eigenvalue weighted by molar-refractivity contribution is -0.137. The quantitative estimate of drug-likeness (QED) is 0.217. The van der Waals surface area contributed by atoms with E-state index in [-0.39, 0.29) is 35.4 Å². The van der Waals surface area contributed by atoms with Gasteiger partial charge in [-0.05, 0) is 72.1 Å². The Hall–Kier alpha value is -4.31. The first-order valence-electron chi connectivity index (χ1n) is 13.2. The minimum atomic E-state index is -4.52. The van der Waals surface area contributed by atoms with Crippen LogP contribution in [0.3, 0.4) is 0 Å². The Kier molecular flexibility index (Phi) is 8.54. The molecule has 0 unspecified atom stereocenters. The van der Waals surface area contributed by atoms with Crippen molar-refractivity contribution in [3.8, 4) is 11.3 Å². The largest absolute Gasteiger partial charge is 0.451 e. The Balaban J connectivity index is 1.23. The molecule has 6 nitrogen and oxygen atoms in total. The monoisotopic (exact) mass is 599 g/mol. The number of hydrogen-bond donors (Lipinski definition) is 2. The Morgan fingerprint density at radius 1 is 0.976 bits per heavy atom. The first-order valence-corrected chi connectivity index (χ1v) is 13.6. The van der Waals surface area contributed by atoms with Crippen LogP contribution in [0.1, 0.15) is 33.2 Å². The van der Waals surface area contributed by atoms with Gasteiger partial charge in [0.15, 0.2) is 5.76 Å². The van der Waals surface area contributed by atoms with Gasteiger partial charge in [0, 0.05) is 42.5 Å². The first kappa shape index (κ1) is 29.2. The van der Waals surface area contributed by atoms with Crippen LogP contribution in [-0.2, 0) is 17.4 Å². The average Bonchev–Trinajstić information content (AvgIpc) is 3.61. The van der Waals surface area contributed by atoms with Crippen molar-refractivity contribution in [1.82, 2.24) is 10.6 Å². The average molecular weight is 600 g/mol. The van der Waals surface area contributed by atoms with Crippen molar-refractivity contribution in [2.24, 2.45) is 0 Å². The number of anilines is 1. The number of benzene rings is 3. The highest BCUT2D eigenvalue weighted by Gasteiger charge is 2.31. The molecule has 1 aromatic heterocycles. The summed E-state index contributed by atoms with van der Waals surface area (Å²) in [4.78, 5) is 28.2. The minimum absolute atomic E-state index is 0.0717. The maximum Gasteiger partial charge on any atom is 0.416 e. The van der Waals surface area contributed by atoms with Crippen molar-refractivity contribution < 1.29 is 31.6 Å². The van der Waals surface area contributed by atoms with Crippen LogP contribution in [-0.4, -0.2) is 38.0 Å². The molecule has 0 saturated heterocycles. The highest BCUT2D eigenvalue weighted by atomic mass is 35.5. The van der Waals surface area contributed by atoms with E-state index in [9.17, 15) is 27.2 Å². The van der Waals surface area contributed by atoms with Crippen molar-refractivity contribution in [2.45, 2.75) is 18.5 Å². The van der Waals surface area contributed by atoms with Crippen molar-refractivity contribution in [3.05, 3.63) is 112 Å². The minimum Gasteiger partial charge on any atom is -0.451 e. The highest BCUT2D eigenvalue weighted by molar-refractivity contribution is 6.30. The third-order valence-electron chi connectivity index (χ3n) is 7.07. The van der Waals surface area contributed by atoms with Gasteiger partial charge >= 0.3 is 6.18 Å². The lowest BCUT2D eigenvalue weighted by Crippen LogP contribution is -2.40. The van der Waals surface area contributed by atoms with Gasteiger partial charge in [0.25, 0.3) is 5.91 Å². The number of furan rings is 1. The maximum atomic E-state index is 13.5. The summed E-state index contributed by atoms with van der Waals surface area (Å²) >= 11 is 6.02. The number of carbonyl (C=O) groups is 2. The molecular weight excluding hydrogens is 574 g/mol. The molecular formula is C31H26ClF4N3O3. The van der Waals surface area contributed by atoms with Gasteiger partial charge < -0.3 is 20.0 Å². The second kappa shape index (κ2) is 12.3. The maximum absolute atomic E-state index is 13.5. The van der Waals surface area contributed by atoms with E-state index in [0.717, 1.165) is 36.3 Å². The van der Waals surface area contributed by atoms with Crippen LogP contribution >= 0.6 is 11.6 Å². The molecule has 5 rings (SSSR count). The molecule has 0 spiro atoms. The fourth-order valence-electron chi connectivity index (χ4n) is 4.91. The third kappa shape index (κ3) is 6.76. The number of carbonyl (C=O) groups excluding carboxylic acids is 2. The SMILES string of the molecule is O=C(NC[C@H](C(=O)NCCN1CCc2cc(F)ccc21)c1ccc(Cl)cc1)c1ccc(-c2cccc(C(F)(F)F)c2)o1. The predicted octanol–water partition coefficient (Wildman–Crippen LogP) is 6.45. The van der Waals surface area contributed by atoms with Crippen LogP contribution in [0.5, 0.6) is 0 Å². The molecule has 2 amide bonds. The number of amides is 2. The summed E-state index contributed by atoms with van der Waals surface area (Å²) < 4.78 is 58.4. The van der Waals surface area contributed by atoms with E-state index in [1.165, 1.54) is 36.4 Å². The molecule has 0 radical (unpaired) electrons. The smallest absolute Gasteiger partial charge is 0.416 e. The molecule has 0 saturated carbocycles. The first-order chi connectivity index (χ1) is 20.1. The van der Waals surface area contributed by atoms with Gasteiger partial charge in [0.05, 0.1) is 11.5 Å². The topological polar surface area (TPSA) is 74.6 Å². The summed E-state index contributed by atoms with van der Waals surface area (Å²) in [5.41, 5.74) is 1.84. The molecule has 11 heteroatoms. The Labute approximate surface area is 244 Å². The number of fused-ring (bicyclic) bond motifs is 1. The molecule has 0 aliphatic carbocycles. The van der Waals surface area contributed by atoms with Crippen molar-refractivity contribution in [2.75, 3.05) is 31.1 Å². The normalized spacial score (nSPS) is 13.5. The summed E-state index contributed by atoms with van der Waals surface area (Å²) in [6.07, 6.45) is -3.79. The molecule has 0 bridgehead atoms. The standard InChI is InChI=1S/C31H26ClF4N3O3/c32-23-6-4-19(5-7-23)25(29(40)37-13-15-39-14-12-20-17-24(33)8-9-26(20)39)18-38-30(41)28-11-10-27(42-28)21-2-1-3-22(16-21)31(34,35)36/h1-11,16-17,25H,12-15,18H2,(H,37,40)(H,38,41)/t25-/m0/s1. The number of nitrogens with zero attached hydrogens (tertiary/aromatic N) is 1. The second-order valence-electron chi connectivity index (χ2n) is 9.86. The number of alkyl halides is 3. The van der Waals surface area contributed by atoms with Crippen LogP contribution < -0.4 is 15.5 Å². The van der Waals surface area contributed by atoms with Gasteiger partial charge in [-0.25, -0.2) is 4.39 Å². The van der Waals surface area contributed by atoms with Gasteiger partial charge in [0.1, 0.15) is 11.6 Å². The van der Waals surface area contributed by atoms with Crippen LogP contribution in [0, 0.1) is 5.82 Å². The fraction of sp³-hybridized carbons (Fsp3) is 0.226. The Morgan fingerprint density at radius 2 is 1.76 bits per heavy atom. The van der Waals surface area contributed by atoms with Crippen LogP contribution in [0.2, 0.25) is 5.02 Å². The van der Waals surface area contributed by atoms with Gasteiger partial charge in [-0.15, -0.1) is 0 Å². The van der Waals surface area contributed by atoms with Gasteiger partial charge in [-0.1, -0.05) is 35.9 Å². The number of halogens is 5. The molecule has 4 aromatic rings. The van der Waals surface area contributed by atoms with E-state index in [1.807, 2.05) is 0 Å². The molecule has 0 fully saturated rings. The van der Waals surface area contributed by atoms with Gasteiger partial charge in [-0.3, -0.25) is 9.59 Å². The Morgan fingerprint density at radius 3 is 2.52 bits per heavy atom. The van der Waals surface area contributed by atoms with Crippen LogP contribution in [0.4, 0.5) is 23.2 Å². The van der Waals surface area contributed by atoms with Crippen LogP contribution in [0.15, 0.2) is 83.3 Å². The van der Waals surface area contributed by atoms with E-state index in [0.29, 0.717) is 23.7 Å². The van der Waals surface area contributed by atoms with E-state index in [1.54, 1.807) is 30.3 Å². The van der Waals surface area contributed by atoms with Crippen LogP contribution in [0.25, 0.3) is 11.3 Å². The van der Waals surface area contributed by atoms with Crippen molar-refractivity contribution in [1.29, 1.82) is 0 Å². The second-order valence-corrected chi connectivity index (χ2v) is 10.3. The predicted molar refractivity (Wildman–Crippen MR) is 151 cm³/mol. The van der Waals surface area contributed by atoms with E-state index in [2.05, 4.69) is 15.5 Å². The molecule has 3 aromatic carbocycles. The lowest BCUT2D eigenvalue weighted by Gasteiger charge is -2.22.